The van der Waals surface area contributed by atoms with E-state index in [0.29, 0.717) is 6.54 Å². The van der Waals surface area contributed by atoms with Gasteiger partial charge in [-0.05, 0) is 70.1 Å². The molecule has 0 saturated carbocycles. The van der Waals surface area contributed by atoms with Crippen molar-refractivity contribution < 1.29 is 0 Å². The fourth-order valence-electron chi connectivity index (χ4n) is 1.69. The van der Waals surface area contributed by atoms with Gasteiger partial charge in [0.2, 0.25) is 5.95 Å². The van der Waals surface area contributed by atoms with Gasteiger partial charge in [-0.1, -0.05) is 6.92 Å². The Morgan fingerprint density at radius 2 is 1.79 bits per heavy atom. The number of aromatic amines is 1. The van der Waals surface area contributed by atoms with Crippen LogP contribution in [-0.4, -0.2) is 22.6 Å². The minimum Gasteiger partial charge on any atom is -0.352 e. The van der Waals surface area contributed by atoms with Gasteiger partial charge in [-0.15, -0.1) is 0 Å². The largest absolute Gasteiger partial charge is 0.352 e. The number of H-pyrrole nitrogens is 1. The smallest absolute Gasteiger partial charge is 0.201 e. The molecule has 104 valence electrons. The number of nitrogens with two attached hydrogens (primary N) is 1. The molecule has 1 aromatic carbocycles. The summed E-state index contributed by atoms with van der Waals surface area (Å²) in [5.74, 6) is 0.721. The number of hydrogen-bond acceptors (Lipinski definition) is 3. The summed E-state index contributed by atoms with van der Waals surface area (Å²) in [4.78, 5) is 7.83. The van der Waals surface area contributed by atoms with E-state index in [1.165, 1.54) is 0 Å². The van der Waals surface area contributed by atoms with Gasteiger partial charge in [-0.25, -0.2) is 4.98 Å². The minimum atomic E-state index is 0.213. The Morgan fingerprint density at radius 1 is 1.16 bits per heavy atom. The van der Waals surface area contributed by atoms with E-state index in [2.05, 4.69) is 85.9 Å². The number of hydrogen-bond donors (Lipinski definition) is 3. The van der Waals surface area contributed by atoms with Crippen LogP contribution in [0.1, 0.15) is 13.3 Å². The molecule has 0 aliphatic heterocycles. The quantitative estimate of drug-likeness (QED) is 0.403. The number of aromatic nitrogens is 2. The standard InChI is InChI=1S/C11H12Br4N4/c1-2-4(3-16)17-11-18-9-7(14)5(12)6(13)8(15)10(9)19-11/h4H,2-3,16H2,1H3,(H2,17,18,19). The molecule has 0 saturated heterocycles. The summed E-state index contributed by atoms with van der Waals surface area (Å²) >= 11 is 14.2. The van der Waals surface area contributed by atoms with E-state index in [0.717, 1.165) is 41.3 Å². The van der Waals surface area contributed by atoms with E-state index in [4.69, 9.17) is 5.73 Å². The lowest BCUT2D eigenvalue weighted by molar-refractivity contribution is 0.698. The van der Waals surface area contributed by atoms with Crippen LogP contribution in [0.15, 0.2) is 17.9 Å². The lowest BCUT2D eigenvalue weighted by Gasteiger charge is -2.12. The van der Waals surface area contributed by atoms with Gasteiger partial charge in [-0.2, -0.15) is 0 Å². The first-order valence-corrected chi connectivity index (χ1v) is 8.85. The Balaban J connectivity index is 2.51. The van der Waals surface area contributed by atoms with Gasteiger partial charge in [0.25, 0.3) is 0 Å². The SMILES string of the molecule is CCC(CN)Nc1nc2c(Br)c(Br)c(Br)c(Br)c2[nH]1. The van der Waals surface area contributed by atoms with Crippen molar-refractivity contribution in [1.29, 1.82) is 0 Å². The summed E-state index contributed by atoms with van der Waals surface area (Å²) < 4.78 is 3.70. The third-order valence-electron chi connectivity index (χ3n) is 2.83. The van der Waals surface area contributed by atoms with Gasteiger partial charge in [0, 0.05) is 21.5 Å². The summed E-state index contributed by atoms with van der Waals surface area (Å²) in [6.07, 6.45) is 0.948. The van der Waals surface area contributed by atoms with E-state index in [9.17, 15) is 0 Å². The first kappa shape index (κ1) is 15.8. The molecule has 2 aromatic rings. The lowest BCUT2D eigenvalue weighted by Crippen LogP contribution is -2.28. The van der Waals surface area contributed by atoms with Crippen molar-refractivity contribution in [3.05, 3.63) is 17.9 Å². The Kier molecular flexibility index (Phi) is 5.33. The normalized spacial score (nSPS) is 12.9. The molecule has 0 fully saturated rings. The molecule has 0 radical (unpaired) electrons. The first-order valence-electron chi connectivity index (χ1n) is 5.67. The highest BCUT2D eigenvalue weighted by molar-refractivity contribution is 9.15. The van der Waals surface area contributed by atoms with Crippen LogP contribution in [0.3, 0.4) is 0 Å². The van der Waals surface area contributed by atoms with E-state index in [1.807, 2.05) is 0 Å². The molecule has 1 aromatic heterocycles. The second-order valence-electron chi connectivity index (χ2n) is 4.05. The Hall–Kier alpha value is 0.370. The molecule has 0 aliphatic carbocycles. The Morgan fingerprint density at radius 3 is 2.37 bits per heavy atom. The topological polar surface area (TPSA) is 66.7 Å². The predicted molar refractivity (Wildman–Crippen MR) is 93.6 cm³/mol. The Bertz CT molecular complexity index is 561. The maximum absolute atomic E-state index is 5.70. The molecule has 8 heteroatoms. The number of fused-ring (bicyclic) bond motifs is 1. The first-order chi connectivity index (χ1) is 8.99. The van der Waals surface area contributed by atoms with Crippen molar-refractivity contribution >= 4 is 80.7 Å². The van der Waals surface area contributed by atoms with E-state index in [-0.39, 0.29) is 6.04 Å². The van der Waals surface area contributed by atoms with Crippen molar-refractivity contribution in [3.8, 4) is 0 Å². The van der Waals surface area contributed by atoms with E-state index in [1.54, 1.807) is 0 Å². The van der Waals surface area contributed by atoms with Gasteiger partial charge in [-0.3, -0.25) is 0 Å². The van der Waals surface area contributed by atoms with Crippen molar-refractivity contribution in [3.63, 3.8) is 0 Å². The summed E-state index contributed by atoms with van der Waals surface area (Å²) in [5.41, 5.74) is 7.48. The van der Waals surface area contributed by atoms with Crippen molar-refractivity contribution in [2.24, 2.45) is 5.73 Å². The molecule has 4 N–H and O–H groups in total. The molecular formula is C11H12Br4N4. The van der Waals surface area contributed by atoms with Crippen LogP contribution in [-0.2, 0) is 0 Å². The molecule has 0 bridgehead atoms. The van der Waals surface area contributed by atoms with Gasteiger partial charge < -0.3 is 16.0 Å². The number of imidazole rings is 1. The number of benzene rings is 1. The summed E-state index contributed by atoms with van der Waals surface area (Å²) in [5, 5.41) is 3.30. The number of halogens is 4. The summed E-state index contributed by atoms with van der Waals surface area (Å²) in [6, 6.07) is 0.213. The highest BCUT2D eigenvalue weighted by Gasteiger charge is 2.17. The summed E-state index contributed by atoms with van der Waals surface area (Å²) in [6.45, 7) is 2.66. The number of anilines is 1. The van der Waals surface area contributed by atoms with Crippen LogP contribution in [0.5, 0.6) is 0 Å². The average molecular weight is 520 g/mol. The average Bonchev–Trinajstić information content (AvgIpc) is 2.84. The highest BCUT2D eigenvalue weighted by Crippen LogP contribution is 2.42. The molecule has 1 atom stereocenters. The van der Waals surface area contributed by atoms with Crippen LogP contribution in [0.4, 0.5) is 5.95 Å². The van der Waals surface area contributed by atoms with Crippen LogP contribution < -0.4 is 11.1 Å². The maximum atomic E-state index is 5.70. The maximum Gasteiger partial charge on any atom is 0.201 e. The van der Waals surface area contributed by atoms with Crippen LogP contribution in [0.25, 0.3) is 11.0 Å². The predicted octanol–water partition coefficient (Wildman–Crippen LogP) is 4.76. The zero-order valence-corrected chi connectivity index (χ0v) is 16.4. The molecule has 0 aliphatic rings. The molecule has 19 heavy (non-hydrogen) atoms. The third-order valence-corrected chi connectivity index (χ3v) is 7.57. The zero-order valence-electron chi connectivity index (χ0n) is 10.0. The van der Waals surface area contributed by atoms with Gasteiger partial charge >= 0.3 is 0 Å². The lowest BCUT2D eigenvalue weighted by atomic mass is 10.2. The molecule has 0 spiro atoms. The molecule has 2 rings (SSSR count). The zero-order chi connectivity index (χ0) is 14.2. The monoisotopic (exact) mass is 516 g/mol. The van der Waals surface area contributed by atoms with Gasteiger partial charge in [0.05, 0.1) is 14.5 Å². The minimum absolute atomic E-state index is 0.213. The molecule has 1 unspecified atom stereocenters. The number of nitrogens with one attached hydrogen (secondary N) is 2. The fraction of sp³-hybridized carbons (Fsp3) is 0.364. The van der Waals surface area contributed by atoms with Crippen molar-refractivity contribution in [1.82, 2.24) is 9.97 Å². The van der Waals surface area contributed by atoms with Gasteiger partial charge in [0.15, 0.2) is 0 Å². The van der Waals surface area contributed by atoms with E-state index < -0.39 is 0 Å². The van der Waals surface area contributed by atoms with Crippen molar-refractivity contribution in [2.75, 3.05) is 11.9 Å². The van der Waals surface area contributed by atoms with E-state index >= 15 is 0 Å². The fourth-order valence-corrected chi connectivity index (χ4v) is 3.97. The summed E-state index contributed by atoms with van der Waals surface area (Å²) in [7, 11) is 0. The third kappa shape index (κ3) is 3.02. The van der Waals surface area contributed by atoms with Crippen LogP contribution in [0, 0.1) is 0 Å². The van der Waals surface area contributed by atoms with Crippen molar-refractivity contribution in [2.45, 2.75) is 19.4 Å². The molecule has 4 nitrogen and oxygen atoms in total. The van der Waals surface area contributed by atoms with Crippen LogP contribution >= 0.6 is 63.7 Å². The Labute approximate surface area is 144 Å². The number of rotatable bonds is 4. The highest BCUT2D eigenvalue weighted by atomic mass is 79.9. The second kappa shape index (κ2) is 6.43. The molecule has 1 heterocycles. The van der Waals surface area contributed by atoms with Crippen LogP contribution in [0.2, 0.25) is 0 Å². The van der Waals surface area contributed by atoms with Gasteiger partial charge in [0.1, 0.15) is 5.52 Å². The molecular weight excluding hydrogens is 508 g/mol. The number of nitrogens with zero attached hydrogens (tertiary/aromatic N) is 1. The molecule has 0 amide bonds. The second-order valence-corrected chi connectivity index (χ2v) is 7.22.